The molecular weight excluding hydrogens is 394 g/mol. The Kier molecular flexibility index (Phi) is 4.94. The smallest absolute Gasteiger partial charge is 0.231 e. The van der Waals surface area contributed by atoms with E-state index in [4.69, 9.17) is 9.15 Å². The van der Waals surface area contributed by atoms with Gasteiger partial charge in [0.15, 0.2) is 5.89 Å². The van der Waals surface area contributed by atoms with E-state index in [9.17, 15) is 9.59 Å². The second-order valence-electron chi connectivity index (χ2n) is 7.88. The van der Waals surface area contributed by atoms with E-state index < -0.39 is 5.92 Å². The molecule has 1 unspecified atom stereocenters. The number of benzene rings is 2. The average Bonchev–Trinajstić information content (AvgIpc) is 3.19. The lowest BCUT2D eigenvalue weighted by molar-refractivity contribution is -0.135. The summed E-state index contributed by atoms with van der Waals surface area (Å²) in [7, 11) is 1.55. The summed E-state index contributed by atoms with van der Waals surface area (Å²) in [6.45, 7) is 0.938. The zero-order chi connectivity index (χ0) is 21.4. The van der Waals surface area contributed by atoms with E-state index in [0.29, 0.717) is 43.3 Å². The Balaban J connectivity index is 1.36. The first-order valence-electron chi connectivity index (χ1n) is 10.4. The Morgan fingerprint density at radius 3 is 2.87 bits per heavy atom. The van der Waals surface area contributed by atoms with E-state index in [0.717, 1.165) is 22.6 Å². The molecule has 2 aromatic carbocycles. The summed E-state index contributed by atoms with van der Waals surface area (Å²) in [4.78, 5) is 32.1. The number of ether oxygens (including phenoxy) is 1. The van der Waals surface area contributed by atoms with Crippen LogP contribution >= 0.6 is 0 Å². The van der Waals surface area contributed by atoms with Gasteiger partial charge in [-0.25, -0.2) is 4.98 Å². The van der Waals surface area contributed by atoms with Gasteiger partial charge in [0.2, 0.25) is 11.8 Å². The highest BCUT2D eigenvalue weighted by Crippen LogP contribution is 2.39. The minimum atomic E-state index is -0.531. The quantitative estimate of drug-likeness (QED) is 0.704. The summed E-state index contributed by atoms with van der Waals surface area (Å²) in [6.07, 6.45) is 1.37. The molecule has 0 saturated carbocycles. The molecule has 3 heterocycles. The predicted octanol–water partition coefficient (Wildman–Crippen LogP) is 3.28. The lowest BCUT2D eigenvalue weighted by atomic mass is 9.88. The molecule has 7 heteroatoms. The van der Waals surface area contributed by atoms with Crippen LogP contribution in [0.3, 0.4) is 0 Å². The van der Waals surface area contributed by atoms with Crippen molar-refractivity contribution in [2.45, 2.75) is 31.7 Å². The van der Waals surface area contributed by atoms with Crippen molar-refractivity contribution in [1.82, 2.24) is 9.88 Å². The van der Waals surface area contributed by atoms with Crippen molar-refractivity contribution in [2.24, 2.45) is 0 Å². The van der Waals surface area contributed by atoms with Crippen molar-refractivity contribution in [3.8, 4) is 5.75 Å². The van der Waals surface area contributed by atoms with E-state index in [1.54, 1.807) is 18.1 Å². The van der Waals surface area contributed by atoms with E-state index in [2.05, 4.69) is 10.3 Å². The standard InChI is InChI=1S/C24H23N3O4/c1-30-20-9-5-8-16-17(13-21(28)26-23(16)20)24(29)27-11-10-19-18(14-27)25-22(31-19)12-15-6-3-2-4-7-15/h2-9,17H,10-14H2,1H3,(H,26,28). The number of oxazole rings is 1. The number of carbonyl (C=O) groups is 2. The van der Waals surface area contributed by atoms with Gasteiger partial charge in [-0.1, -0.05) is 42.5 Å². The largest absolute Gasteiger partial charge is 0.495 e. The molecule has 0 aliphatic carbocycles. The van der Waals surface area contributed by atoms with Gasteiger partial charge in [0.05, 0.1) is 25.3 Å². The Morgan fingerprint density at radius 1 is 1.23 bits per heavy atom. The second-order valence-corrected chi connectivity index (χ2v) is 7.88. The van der Waals surface area contributed by atoms with Crippen LogP contribution in [0.2, 0.25) is 0 Å². The van der Waals surface area contributed by atoms with Crippen molar-refractivity contribution < 1.29 is 18.7 Å². The molecule has 0 radical (unpaired) electrons. The van der Waals surface area contributed by atoms with E-state index in [1.807, 2.05) is 42.5 Å². The van der Waals surface area contributed by atoms with Crippen LogP contribution in [0.25, 0.3) is 0 Å². The summed E-state index contributed by atoms with van der Waals surface area (Å²) < 4.78 is 11.3. The number of nitrogens with one attached hydrogen (secondary N) is 1. The Bertz CT molecular complexity index is 1140. The molecule has 1 aromatic heterocycles. The van der Waals surface area contributed by atoms with Gasteiger partial charge < -0.3 is 19.4 Å². The summed E-state index contributed by atoms with van der Waals surface area (Å²) in [5, 5.41) is 2.85. The molecule has 5 rings (SSSR count). The molecule has 0 bridgehead atoms. The number of methoxy groups -OCH3 is 1. The topological polar surface area (TPSA) is 84.7 Å². The number of anilines is 1. The number of hydrogen-bond acceptors (Lipinski definition) is 5. The molecule has 7 nitrogen and oxygen atoms in total. The maximum atomic E-state index is 13.4. The number of carbonyl (C=O) groups excluding carboxylic acids is 2. The molecule has 1 N–H and O–H groups in total. The minimum absolute atomic E-state index is 0.0670. The Morgan fingerprint density at radius 2 is 2.06 bits per heavy atom. The van der Waals surface area contributed by atoms with Crippen molar-refractivity contribution in [3.05, 3.63) is 77.0 Å². The van der Waals surface area contributed by atoms with Gasteiger partial charge in [-0.05, 0) is 17.2 Å². The molecule has 0 fully saturated rings. The van der Waals surface area contributed by atoms with E-state index in [-0.39, 0.29) is 18.2 Å². The normalized spacial score (nSPS) is 17.5. The Labute approximate surface area is 180 Å². The molecule has 2 amide bonds. The molecule has 3 aromatic rings. The predicted molar refractivity (Wildman–Crippen MR) is 114 cm³/mol. The van der Waals surface area contributed by atoms with Gasteiger partial charge in [-0.3, -0.25) is 9.59 Å². The Hall–Kier alpha value is -3.61. The third-order valence-corrected chi connectivity index (χ3v) is 5.89. The molecule has 0 spiro atoms. The highest BCUT2D eigenvalue weighted by Gasteiger charge is 2.36. The van der Waals surface area contributed by atoms with Crippen LogP contribution in [0.4, 0.5) is 5.69 Å². The molecule has 2 aliphatic rings. The number of fused-ring (bicyclic) bond motifs is 2. The lowest BCUT2D eigenvalue weighted by Crippen LogP contribution is -2.41. The van der Waals surface area contributed by atoms with Gasteiger partial charge in [-0.15, -0.1) is 0 Å². The zero-order valence-electron chi connectivity index (χ0n) is 17.3. The summed E-state index contributed by atoms with van der Waals surface area (Å²) >= 11 is 0. The van der Waals surface area contributed by atoms with Gasteiger partial charge >= 0.3 is 0 Å². The second kappa shape index (κ2) is 7.91. The van der Waals surface area contributed by atoms with Crippen molar-refractivity contribution >= 4 is 17.5 Å². The van der Waals surface area contributed by atoms with Gasteiger partial charge in [0.1, 0.15) is 17.2 Å². The van der Waals surface area contributed by atoms with Crippen molar-refractivity contribution in [2.75, 3.05) is 19.0 Å². The van der Waals surface area contributed by atoms with Crippen molar-refractivity contribution in [1.29, 1.82) is 0 Å². The highest BCUT2D eigenvalue weighted by atomic mass is 16.5. The van der Waals surface area contributed by atoms with E-state index >= 15 is 0 Å². The number of nitrogens with zero attached hydrogens (tertiary/aromatic N) is 2. The minimum Gasteiger partial charge on any atom is -0.495 e. The fraction of sp³-hybridized carbons (Fsp3) is 0.292. The van der Waals surface area contributed by atoms with E-state index in [1.165, 1.54) is 0 Å². The monoisotopic (exact) mass is 417 g/mol. The molecule has 158 valence electrons. The molecule has 31 heavy (non-hydrogen) atoms. The fourth-order valence-corrected chi connectivity index (χ4v) is 4.36. The van der Waals surface area contributed by atoms with Crippen LogP contribution in [0.5, 0.6) is 5.75 Å². The number of aromatic nitrogens is 1. The molecule has 2 aliphatic heterocycles. The number of hydrogen-bond donors (Lipinski definition) is 1. The van der Waals surface area contributed by atoms with Gasteiger partial charge in [0, 0.05) is 25.8 Å². The molecule has 1 atom stereocenters. The number of rotatable bonds is 4. The maximum absolute atomic E-state index is 13.4. The first kappa shape index (κ1) is 19.4. The number of para-hydroxylation sites is 1. The maximum Gasteiger partial charge on any atom is 0.231 e. The van der Waals surface area contributed by atoms with Crippen molar-refractivity contribution in [3.63, 3.8) is 0 Å². The van der Waals surface area contributed by atoms with Crippen LogP contribution in [0, 0.1) is 0 Å². The first-order valence-corrected chi connectivity index (χ1v) is 10.4. The third kappa shape index (κ3) is 3.67. The van der Waals surface area contributed by atoms with Gasteiger partial charge in [0.25, 0.3) is 0 Å². The zero-order valence-corrected chi connectivity index (χ0v) is 17.3. The van der Waals surface area contributed by atoms with Crippen LogP contribution < -0.4 is 10.1 Å². The SMILES string of the molecule is COc1cccc2c1NC(=O)CC2C(=O)N1CCc2oc(Cc3ccccc3)nc2C1. The van der Waals surface area contributed by atoms with Gasteiger partial charge in [-0.2, -0.15) is 0 Å². The molecule has 0 saturated heterocycles. The molecular formula is C24H23N3O4. The average molecular weight is 417 g/mol. The summed E-state index contributed by atoms with van der Waals surface area (Å²) in [6, 6.07) is 15.5. The third-order valence-electron chi connectivity index (χ3n) is 5.89. The first-order chi connectivity index (χ1) is 15.1. The summed E-state index contributed by atoms with van der Waals surface area (Å²) in [5.41, 5.74) is 3.31. The van der Waals surface area contributed by atoms with Crippen LogP contribution in [-0.4, -0.2) is 35.4 Å². The van der Waals surface area contributed by atoms with Crippen LogP contribution in [0.15, 0.2) is 52.9 Å². The number of amides is 2. The highest BCUT2D eigenvalue weighted by molar-refractivity contribution is 6.02. The van der Waals surface area contributed by atoms with Crippen LogP contribution in [-0.2, 0) is 29.0 Å². The van der Waals surface area contributed by atoms with Crippen LogP contribution in [0.1, 0.15) is 40.8 Å². The fourth-order valence-electron chi connectivity index (χ4n) is 4.36. The lowest BCUT2D eigenvalue weighted by Gasteiger charge is -2.32. The summed E-state index contributed by atoms with van der Waals surface area (Å²) in [5.74, 6) is 1.29.